The molecule has 2 amide bonds. The van der Waals surface area contributed by atoms with Crippen LogP contribution < -0.4 is 4.90 Å². The van der Waals surface area contributed by atoms with Crippen molar-refractivity contribution in [2.45, 2.75) is 31.8 Å². The lowest BCUT2D eigenvalue weighted by atomic mass is 9.71. The zero-order valence-electron chi connectivity index (χ0n) is 17.2. The Kier molecular flexibility index (Phi) is 5.78. The summed E-state index contributed by atoms with van der Waals surface area (Å²) >= 11 is 0. The number of piperidine rings is 1. The van der Waals surface area contributed by atoms with Crippen LogP contribution in [0.2, 0.25) is 0 Å². The van der Waals surface area contributed by atoms with Gasteiger partial charge in [-0.2, -0.15) is 0 Å². The third-order valence-electron chi connectivity index (χ3n) is 6.43. The monoisotopic (exact) mass is 422 g/mol. The standard InChI is InChI=1S/C24H26N2O5/c27-20-16-25(14-12-24(20,23(30)31)15-17-5-2-1-3-6-17)22(29)18-8-10-19(11-9-18)26-13-4-7-21(26)28/h1-3,5-6,8-11,20,27H,4,7,12-16H2,(H,30,31)/t20-,24-/m1/s1. The molecule has 0 aliphatic carbocycles. The average molecular weight is 422 g/mol. The molecule has 0 spiro atoms. The van der Waals surface area contributed by atoms with Gasteiger partial charge in [-0.15, -0.1) is 0 Å². The zero-order chi connectivity index (χ0) is 22.0. The SMILES string of the molecule is O=C(c1ccc(N2CCCC2=O)cc1)N1CC[C@](Cc2ccccc2)(C(=O)O)[C@H](O)C1. The Labute approximate surface area is 180 Å². The van der Waals surface area contributed by atoms with Crippen molar-refractivity contribution in [3.05, 3.63) is 65.7 Å². The van der Waals surface area contributed by atoms with Crippen molar-refractivity contribution in [2.75, 3.05) is 24.5 Å². The molecule has 2 heterocycles. The first-order valence-corrected chi connectivity index (χ1v) is 10.6. The van der Waals surface area contributed by atoms with E-state index in [9.17, 15) is 24.6 Å². The summed E-state index contributed by atoms with van der Waals surface area (Å²) in [5.41, 5.74) is 0.743. The molecular weight excluding hydrogens is 396 g/mol. The number of amides is 2. The first-order chi connectivity index (χ1) is 14.9. The van der Waals surface area contributed by atoms with Gasteiger partial charge in [0, 0.05) is 37.3 Å². The van der Waals surface area contributed by atoms with Gasteiger partial charge in [-0.3, -0.25) is 14.4 Å². The van der Waals surface area contributed by atoms with E-state index in [1.54, 1.807) is 29.2 Å². The van der Waals surface area contributed by atoms with Crippen molar-refractivity contribution in [3.8, 4) is 0 Å². The van der Waals surface area contributed by atoms with E-state index >= 15 is 0 Å². The average Bonchev–Trinajstić information content (AvgIpc) is 3.21. The van der Waals surface area contributed by atoms with Gasteiger partial charge in [0.05, 0.1) is 6.10 Å². The van der Waals surface area contributed by atoms with Crippen molar-refractivity contribution in [2.24, 2.45) is 5.41 Å². The van der Waals surface area contributed by atoms with Crippen molar-refractivity contribution >= 4 is 23.5 Å². The molecule has 162 valence electrons. The van der Waals surface area contributed by atoms with Crippen LogP contribution in [0.5, 0.6) is 0 Å². The smallest absolute Gasteiger partial charge is 0.312 e. The van der Waals surface area contributed by atoms with Crippen LogP contribution in [0.3, 0.4) is 0 Å². The van der Waals surface area contributed by atoms with Gasteiger partial charge in [0.25, 0.3) is 5.91 Å². The number of carboxylic acids is 1. The molecule has 2 aliphatic heterocycles. The summed E-state index contributed by atoms with van der Waals surface area (Å²) in [6, 6.07) is 16.1. The minimum Gasteiger partial charge on any atom is -0.481 e. The van der Waals surface area contributed by atoms with Gasteiger partial charge in [0.1, 0.15) is 5.41 Å². The second kappa shape index (κ2) is 8.51. The van der Waals surface area contributed by atoms with Crippen LogP contribution in [-0.2, 0) is 16.0 Å². The molecule has 7 nitrogen and oxygen atoms in total. The molecule has 2 aromatic rings. The normalized spacial score (nSPS) is 23.8. The van der Waals surface area contributed by atoms with E-state index in [1.807, 2.05) is 30.3 Å². The lowest BCUT2D eigenvalue weighted by molar-refractivity contribution is -0.161. The van der Waals surface area contributed by atoms with Gasteiger partial charge in [0.2, 0.25) is 5.91 Å². The maximum absolute atomic E-state index is 13.0. The van der Waals surface area contributed by atoms with E-state index in [0.29, 0.717) is 18.5 Å². The number of aliphatic hydroxyl groups excluding tert-OH is 1. The van der Waals surface area contributed by atoms with E-state index < -0.39 is 17.5 Å². The number of hydrogen-bond donors (Lipinski definition) is 2. The number of carbonyl (C=O) groups excluding carboxylic acids is 2. The molecule has 2 aromatic carbocycles. The van der Waals surface area contributed by atoms with Crippen molar-refractivity contribution in [3.63, 3.8) is 0 Å². The number of aliphatic hydroxyl groups is 1. The molecule has 2 saturated heterocycles. The molecule has 0 radical (unpaired) electrons. The Morgan fingerprint density at radius 1 is 1.03 bits per heavy atom. The van der Waals surface area contributed by atoms with E-state index in [4.69, 9.17) is 0 Å². The Balaban J connectivity index is 1.46. The molecule has 0 bridgehead atoms. The largest absolute Gasteiger partial charge is 0.481 e. The van der Waals surface area contributed by atoms with Gasteiger partial charge in [-0.05, 0) is 49.1 Å². The van der Waals surface area contributed by atoms with Crippen LogP contribution >= 0.6 is 0 Å². The van der Waals surface area contributed by atoms with Crippen molar-refractivity contribution in [1.82, 2.24) is 4.90 Å². The van der Waals surface area contributed by atoms with E-state index in [0.717, 1.165) is 17.7 Å². The highest BCUT2D eigenvalue weighted by molar-refractivity contribution is 5.97. The fraction of sp³-hybridized carbons (Fsp3) is 0.375. The quantitative estimate of drug-likeness (QED) is 0.771. The minimum atomic E-state index is -1.32. The summed E-state index contributed by atoms with van der Waals surface area (Å²) in [5.74, 6) is -1.21. The van der Waals surface area contributed by atoms with Gasteiger partial charge < -0.3 is 20.0 Å². The van der Waals surface area contributed by atoms with Crippen LogP contribution in [0.4, 0.5) is 5.69 Å². The number of likely N-dealkylation sites (tertiary alicyclic amines) is 1. The maximum Gasteiger partial charge on any atom is 0.312 e. The van der Waals surface area contributed by atoms with Crippen LogP contribution in [0.25, 0.3) is 0 Å². The summed E-state index contributed by atoms with van der Waals surface area (Å²) in [5, 5.41) is 20.7. The molecule has 2 aliphatic rings. The number of β-amino-alcohol motifs (C(OH)–C–C–N with tert-alkyl or cyclic N) is 1. The molecule has 31 heavy (non-hydrogen) atoms. The number of carboxylic acid groups (broad SMARTS) is 1. The summed E-state index contributed by atoms with van der Waals surface area (Å²) in [6.07, 6.45) is 0.583. The highest BCUT2D eigenvalue weighted by atomic mass is 16.4. The zero-order valence-corrected chi connectivity index (χ0v) is 17.2. The molecule has 2 N–H and O–H groups in total. The van der Waals surface area contributed by atoms with Gasteiger partial charge in [-0.25, -0.2) is 0 Å². The van der Waals surface area contributed by atoms with E-state index in [2.05, 4.69) is 0 Å². The van der Waals surface area contributed by atoms with Gasteiger partial charge in [-0.1, -0.05) is 30.3 Å². The number of anilines is 1. The van der Waals surface area contributed by atoms with Crippen LogP contribution in [0.15, 0.2) is 54.6 Å². The highest BCUT2D eigenvalue weighted by Gasteiger charge is 2.49. The van der Waals surface area contributed by atoms with Gasteiger partial charge in [0.15, 0.2) is 0 Å². The molecule has 0 aromatic heterocycles. The minimum absolute atomic E-state index is 0.0374. The van der Waals surface area contributed by atoms with Crippen molar-refractivity contribution < 1.29 is 24.6 Å². The Hall–Kier alpha value is -3.19. The number of rotatable bonds is 5. The predicted molar refractivity (Wildman–Crippen MR) is 115 cm³/mol. The number of aliphatic carboxylic acids is 1. The molecule has 4 rings (SSSR count). The number of benzene rings is 2. The molecular formula is C24H26N2O5. The lowest BCUT2D eigenvalue weighted by Gasteiger charge is -2.43. The second-order valence-electron chi connectivity index (χ2n) is 8.34. The fourth-order valence-electron chi connectivity index (χ4n) is 4.54. The third-order valence-corrected chi connectivity index (χ3v) is 6.43. The lowest BCUT2D eigenvalue weighted by Crippen LogP contribution is -2.57. The fourth-order valence-corrected chi connectivity index (χ4v) is 4.54. The molecule has 2 atom stereocenters. The summed E-state index contributed by atoms with van der Waals surface area (Å²) < 4.78 is 0. The maximum atomic E-state index is 13.0. The Morgan fingerprint density at radius 2 is 1.74 bits per heavy atom. The first-order valence-electron chi connectivity index (χ1n) is 10.6. The topological polar surface area (TPSA) is 98.2 Å². The predicted octanol–water partition coefficient (Wildman–Crippen LogP) is 2.33. The number of nitrogens with zero attached hydrogens (tertiary/aromatic N) is 2. The van der Waals surface area contributed by atoms with Crippen LogP contribution in [-0.4, -0.2) is 58.6 Å². The number of hydrogen-bond acceptors (Lipinski definition) is 4. The van der Waals surface area contributed by atoms with Crippen LogP contribution in [0, 0.1) is 5.41 Å². The Morgan fingerprint density at radius 3 is 2.32 bits per heavy atom. The van der Waals surface area contributed by atoms with Crippen LogP contribution in [0.1, 0.15) is 35.2 Å². The summed E-state index contributed by atoms with van der Waals surface area (Å²) in [7, 11) is 0. The highest BCUT2D eigenvalue weighted by Crippen LogP contribution is 2.36. The third kappa shape index (κ3) is 4.05. The second-order valence-corrected chi connectivity index (χ2v) is 8.34. The molecule has 2 fully saturated rings. The number of carbonyl (C=O) groups is 3. The summed E-state index contributed by atoms with van der Waals surface area (Å²) in [6.45, 7) is 0.898. The Bertz CT molecular complexity index is 975. The van der Waals surface area contributed by atoms with E-state index in [-0.39, 0.29) is 37.7 Å². The van der Waals surface area contributed by atoms with Crippen molar-refractivity contribution in [1.29, 1.82) is 0 Å². The van der Waals surface area contributed by atoms with E-state index in [1.165, 1.54) is 4.90 Å². The molecule has 0 saturated carbocycles. The molecule has 0 unspecified atom stereocenters. The molecule has 7 heteroatoms. The van der Waals surface area contributed by atoms with Gasteiger partial charge >= 0.3 is 5.97 Å². The first kappa shape index (κ1) is 21.1. The summed E-state index contributed by atoms with van der Waals surface area (Å²) in [4.78, 5) is 40.2.